The maximum atomic E-state index is 9.22. The van der Waals surface area contributed by atoms with Crippen LogP contribution in [0.3, 0.4) is 0 Å². The molecule has 0 saturated heterocycles. The van der Waals surface area contributed by atoms with Crippen LogP contribution in [0.4, 0.5) is 5.69 Å². The predicted octanol–water partition coefficient (Wildman–Crippen LogP) is 2.33. The summed E-state index contributed by atoms with van der Waals surface area (Å²) in [6.07, 6.45) is 0. The van der Waals surface area contributed by atoms with Gasteiger partial charge in [0.2, 0.25) is 0 Å². The van der Waals surface area contributed by atoms with E-state index in [9.17, 15) is 10.0 Å². The van der Waals surface area contributed by atoms with Crippen molar-refractivity contribution < 1.29 is 20.1 Å². The maximum Gasteiger partial charge on any atom is 0.489 e. The van der Waals surface area contributed by atoms with Gasteiger partial charge in [-0.05, 0) is 48.6 Å². The standard InChI is InChI=1S/C11H12BNO2.C10H8.C2H7N.CH5BO2/c1-13-11-7-6-10(12(14)15)8-4-2-3-5-9(8)11;1-2-6-10-8-4-3-7-9(10)5-1;1-3-2;1-2(3)4/h2-7,13-15H,1H3;1-8H;3H,1-2H3;3-4H,1H3. The Morgan fingerprint density at radius 3 is 1.34 bits per heavy atom. The predicted molar refractivity (Wildman–Crippen MR) is 138 cm³/mol. The van der Waals surface area contributed by atoms with Crippen LogP contribution in [0.15, 0.2) is 84.9 Å². The van der Waals surface area contributed by atoms with Gasteiger partial charge in [0, 0.05) is 18.1 Å². The Kier molecular flexibility index (Phi) is 12.7. The number of fused-ring (bicyclic) bond motifs is 2. The van der Waals surface area contributed by atoms with Crippen LogP contribution in [0.25, 0.3) is 21.5 Å². The molecule has 0 aliphatic carbocycles. The van der Waals surface area contributed by atoms with Gasteiger partial charge < -0.3 is 30.7 Å². The second-order valence-electron chi connectivity index (χ2n) is 6.85. The molecule has 8 heteroatoms. The number of anilines is 1. The smallest absolute Gasteiger partial charge is 0.427 e. The van der Waals surface area contributed by atoms with Crippen molar-refractivity contribution in [2.75, 3.05) is 26.5 Å². The third-order valence-corrected chi connectivity index (χ3v) is 4.16. The highest BCUT2D eigenvalue weighted by molar-refractivity contribution is 6.62. The first-order valence-electron chi connectivity index (χ1n) is 10.3. The Labute approximate surface area is 190 Å². The molecule has 32 heavy (non-hydrogen) atoms. The Morgan fingerprint density at radius 1 is 0.594 bits per heavy atom. The number of benzene rings is 4. The average molecular weight is 434 g/mol. The highest BCUT2D eigenvalue weighted by atomic mass is 16.4. The summed E-state index contributed by atoms with van der Waals surface area (Å²) in [7, 11) is 3.00. The third-order valence-electron chi connectivity index (χ3n) is 4.16. The minimum absolute atomic E-state index is 0.532. The van der Waals surface area contributed by atoms with Crippen LogP contribution in [0, 0.1) is 0 Å². The molecule has 0 aliphatic heterocycles. The van der Waals surface area contributed by atoms with Crippen molar-refractivity contribution in [3.63, 3.8) is 0 Å². The van der Waals surface area contributed by atoms with E-state index in [-0.39, 0.29) is 0 Å². The molecule has 0 atom stereocenters. The minimum atomic E-state index is -1.43. The van der Waals surface area contributed by atoms with Crippen molar-refractivity contribution in [3.05, 3.63) is 84.9 Å². The molecule has 4 aromatic carbocycles. The van der Waals surface area contributed by atoms with Crippen LogP contribution in [0.2, 0.25) is 6.82 Å². The molecule has 0 aliphatic rings. The van der Waals surface area contributed by atoms with Crippen molar-refractivity contribution in [3.8, 4) is 0 Å². The molecule has 4 rings (SSSR count). The minimum Gasteiger partial charge on any atom is -0.427 e. The van der Waals surface area contributed by atoms with Gasteiger partial charge in [-0.3, -0.25) is 0 Å². The van der Waals surface area contributed by atoms with Crippen LogP contribution >= 0.6 is 0 Å². The van der Waals surface area contributed by atoms with Crippen molar-refractivity contribution in [1.82, 2.24) is 5.32 Å². The second kappa shape index (κ2) is 15.0. The Morgan fingerprint density at radius 2 is 0.969 bits per heavy atom. The molecule has 0 heterocycles. The monoisotopic (exact) mass is 434 g/mol. The summed E-state index contributed by atoms with van der Waals surface area (Å²) in [5, 5.41) is 44.0. The van der Waals surface area contributed by atoms with Gasteiger partial charge in [-0.15, -0.1) is 0 Å². The highest BCUT2D eigenvalue weighted by Gasteiger charge is 2.15. The van der Waals surface area contributed by atoms with E-state index >= 15 is 0 Å². The summed E-state index contributed by atoms with van der Waals surface area (Å²) in [6.45, 7) is 1.28. The Balaban J connectivity index is 0.000000259. The van der Waals surface area contributed by atoms with E-state index in [1.165, 1.54) is 17.6 Å². The summed E-state index contributed by atoms with van der Waals surface area (Å²) in [6, 6.07) is 27.9. The van der Waals surface area contributed by atoms with E-state index in [1.807, 2.05) is 51.5 Å². The molecule has 0 unspecified atom stereocenters. The molecule has 0 bridgehead atoms. The highest BCUT2D eigenvalue weighted by Crippen LogP contribution is 2.21. The van der Waals surface area contributed by atoms with Crippen LogP contribution in [-0.4, -0.2) is 55.5 Å². The van der Waals surface area contributed by atoms with Gasteiger partial charge in [0.1, 0.15) is 0 Å². The zero-order valence-corrected chi connectivity index (χ0v) is 19.0. The summed E-state index contributed by atoms with van der Waals surface area (Å²) < 4.78 is 0. The SMILES string of the molecule is CB(O)O.CNC.CNc1ccc(B(O)O)c2ccccc12.c1ccc2ccccc2c1. The number of nitrogens with one attached hydrogen (secondary N) is 2. The first-order chi connectivity index (χ1) is 15.3. The summed E-state index contributed by atoms with van der Waals surface area (Å²) in [4.78, 5) is 0. The fraction of sp³-hybridized carbons (Fsp3) is 0.167. The largest absolute Gasteiger partial charge is 0.489 e. The molecule has 0 saturated carbocycles. The summed E-state index contributed by atoms with van der Waals surface area (Å²) in [5.41, 5.74) is 1.51. The van der Waals surface area contributed by atoms with Gasteiger partial charge in [0.05, 0.1) is 0 Å². The van der Waals surface area contributed by atoms with Crippen molar-refractivity contribution in [2.24, 2.45) is 0 Å². The molecule has 4 aromatic rings. The van der Waals surface area contributed by atoms with Crippen molar-refractivity contribution in [1.29, 1.82) is 0 Å². The maximum absolute atomic E-state index is 9.22. The molecule has 6 nitrogen and oxygen atoms in total. The molecule has 0 fully saturated rings. The van der Waals surface area contributed by atoms with Gasteiger partial charge in [-0.25, -0.2) is 0 Å². The zero-order chi connectivity index (χ0) is 23.9. The lowest BCUT2D eigenvalue weighted by molar-refractivity contribution is 0.417. The van der Waals surface area contributed by atoms with Crippen LogP contribution in [0.5, 0.6) is 0 Å². The lowest BCUT2D eigenvalue weighted by atomic mass is 9.77. The lowest BCUT2D eigenvalue weighted by Crippen LogP contribution is -2.30. The number of rotatable bonds is 2. The fourth-order valence-electron chi connectivity index (χ4n) is 2.90. The van der Waals surface area contributed by atoms with Crippen molar-refractivity contribution >= 4 is 46.9 Å². The molecule has 0 amide bonds. The molecular formula is C24H32B2N2O4. The van der Waals surface area contributed by atoms with E-state index in [4.69, 9.17) is 10.0 Å². The quantitative estimate of drug-likeness (QED) is 0.271. The topological polar surface area (TPSA) is 105 Å². The third kappa shape index (κ3) is 9.09. The normalized spacial score (nSPS) is 9.38. The van der Waals surface area contributed by atoms with Crippen molar-refractivity contribution in [2.45, 2.75) is 6.82 Å². The Bertz CT molecular complexity index is 994. The first kappa shape index (κ1) is 27.2. The van der Waals surface area contributed by atoms with E-state index in [1.54, 1.807) is 6.07 Å². The first-order valence-corrected chi connectivity index (χ1v) is 10.3. The van der Waals surface area contributed by atoms with Gasteiger partial charge in [-0.2, -0.15) is 0 Å². The van der Waals surface area contributed by atoms with E-state index in [0.29, 0.717) is 5.46 Å². The van der Waals surface area contributed by atoms with E-state index in [2.05, 4.69) is 59.2 Å². The average Bonchev–Trinajstić information content (AvgIpc) is 2.79. The van der Waals surface area contributed by atoms with Crippen LogP contribution < -0.4 is 16.1 Å². The number of hydrogen-bond acceptors (Lipinski definition) is 6. The summed E-state index contributed by atoms with van der Waals surface area (Å²) in [5.74, 6) is 0. The molecule has 0 aromatic heterocycles. The molecular weight excluding hydrogens is 402 g/mol. The zero-order valence-electron chi connectivity index (χ0n) is 19.0. The molecule has 168 valence electrons. The Hall–Kier alpha value is -2.87. The van der Waals surface area contributed by atoms with Crippen LogP contribution in [-0.2, 0) is 0 Å². The molecule has 6 N–H and O–H groups in total. The molecule has 0 spiro atoms. The number of hydrogen-bond donors (Lipinski definition) is 6. The lowest BCUT2D eigenvalue weighted by Gasteiger charge is -2.10. The van der Waals surface area contributed by atoms with Gasteiger partial charge in [0.15, 0.2) is 0 Å². The summed E-state index contributed by atoms with van der Waals surface area (Å²) >= 11 is 0. The van der Waals surface area contributed by atoms with Gasteiger partial charge in [-0.1, -0.05) is 78.9 Å². The van der Waals surface area contributed by atoms with Crippen LogP contribution in [0.1, 0.15) is 0 Å². The van der Waals surface area contributed by atoms with Gasteiger partial charge >= 0.3 is 14.2 Å². The second-order valence-corrected chi connectivity index (χ2v) is 6.85. The van der Waals surface area contributed by atoms with Gasteiger partial charge in [0.25, 0.3) is 0 Å². The molecule has 0 radical (unpaired) electrons. The fourth-order valence-corrected chi connectivity index (χ4v) is 2.90. The van der Waals surface area contributed by atoms with E-state index in [0.717, 1.165) is 16.5 Å². The van der Waals surface area contributed by atoms with E-state index < -0.39 is 14.2 Å².